The molecule has 2 aromatic rings. The fourth-order valence-corrected chi connectivity index (χ4v) is 3.38. The van der Waals surface area contributed by atoms with Crippen LogP contribution < -0.4 is 0 Å². The van der Waals surface area contributed by atoms with Gasteiger partial charge >= 0.3 is 0 Å². The van der Waals surface area contributed by atoms with E-state index < -0.39 is 6.10 Å². The molecule has 1 saturated carbocycles. The van der Waals surface area contributed by atoms with Gasteiger partial charge in [0, 0.05) is 29.8 Å². The number of hydrogen-bond donors (Lipinski definition) is 1. The lowest BCUT2D eigenvalue weighted by molar-refractivity contribution is 0.0616. The molecule has 0 spiro atoms. The summed E-state index contributed by atoms with van der Waals surface area (Å²) in [4.78, 5) is 15.2. The van der Waals surface area contributed by atoms with E-state index in [0.717, 1.165) is 23.3 Å². The van der Waals surface area contributed by atoms with E-state index in [1.54, 1.807) is 30.0 Å². The third-order valence-electron chi connectivity index (χ3n) is 4.05. The number of nitrogens with zero attached hydrogens (tertiary/aromatic N) is 1. The van der Waals surface area contributed by atoms with Gasteiger partial charge in [0.2, 0.25) is 0 Å². The average molecular weight is 331 g/mol. The third kappa shape index (κ3) is 4.18. The summed E-state index contributed by atoms with van der Waals surface area (Å²) in [5.41, 5.74) is 0.886. The van der Waals surface area contributed by atoms with Crippen LogP contribution in [0.3, 0.4) is 0 Å². The highest BCUT2D eigenvalue weighted by Gasteiger charge is 2.32. The largest absolute Gasteiger partial charge is 0.459 e. The molecular formula is C18H21NO3S. The summed E-state index contributed by atoms with van der Waals surface area (Å²) >= 11 is 1.67. The zero-order valence-corrected chi connectivity index (χ0v) is 14.0. The number of amides is 1. The summed E-state index contributed by atoms with van der Waals surface area (Å²) in [6, 6.07) is 11.9. The molecule has 1 heterocycles. The van der Waals surface area contributed by atoms with E-state index in [9.17, 15) is 9.90 Å². The highest BCUT2D eigenvalue weighted by Crippen LogP contribution is 2.33. The monoisotopic (exact) mass is 331 g/mol. The summed E-state index contributed by atoms with van der Waals surface area (Å²) in [6.45, 7) is 0.357. The molecule has 1 unspecified atom stereocenters. The summed E-state index contributed by atoms with van der Waals surface area (Å²) in [7, 11) is 1.71. The molecule has 1 aromatic heterocycles. The summed E-state index contributed by atoms with van der Waals surface area (Å²) < 4.78 is 5.41. The van der Waals surface area contributed by atoms with Crippen molar-refractivity contribution in [2.75, 3.05) is 13.6 Å². The van der Waals surface area contributed by atoms with Crippen molar-refractivity contribution in [1.82, 2.24) is 4.90 Å². The van der Waals surface area contributed by atoms with Gasteiger partial charge in [-0.3, -0.25) is 4.79 Å². The lowest BCUT2D eigenvalue weighted by Gasteiger charge is -2.20. The molecule has 0 bridgehead atoms. The van der Waals surface area contributed by atoms with Gasteiger partial charge in [-0.15, -0.1) is 11.8 Å². The van der Waals surface area contributed by atoms with Crippen molar-refractivity contribution in [2.45, 2.75) is 29.6 Å². The van der Waals surface area contributed by atoms with Gasteiger partial charge in [0.1, 0.15) is 0 Å². The minimum atomic E-state index is -0.430. The number of benzene rings is 1. The highest BCUT2D eigenvalue weighted by atomic mass is 32.2. The average Bonchev–Trinajstić information content (AvgIpc) is 3.32. The van der Waals surface area contributed by atoms with E-state index in [2.05, 4.69) is 0 Å². The third-order valence-corrected chi connectivity index (χ3v) is 5.11. The molecule has 5 heteroatoms. The Morgan fingerprint density at radius 2 is 2.09 bits per heavy atom. The Hall–Kier alpha value is -1.72. The van der Waals surface area contributed by atoms with Crippen LogP contribution in [0, 0.1) is 5.92 Å². The van der Waals surface area contributed by atoms with Gasteiger partial charge in [-0.1, -0.05) is 18.2 Å². The Labute approximate surface area is 140 Å². The maximum atomic E-state index is 12.5. The Morgan fingerprint density at radius 1 is 1.35 bits per heavy atom. The van der Waals surface area contributed by atoms with E-state index in [0.29, 0.717) is 24.0 Å². The van der Waals surface area contributed by atoms with Crippen molar-refractivity contribution in [3.63, 3.8) is 0 Å². The molecule has 3 rings (SSSR count). The number of hydrogen-bond acceptors (Lipinski definition) is 4. The van der Waals surface area contributed by atoms with E-state index in [4.69, 9.17) is 4.42 Å². The lowest BCUT2D eigenvalue weighted by Crippen LogP contribution is -2.35. The molecular weight excluding hydrogens is 310 g/mol. The summed E-state index contributed by atoms with van der Waals surface area (Å²) in [5, 5.41) is 10.00. The lowest BCUT2D eigenvalue weighted by atomic mass is 10.2. The number of likely N-dealkylation sites (N-methyl/N-ethyl adjacent to an activating group) is 1. The second-order valence-corrected chi connectivity index (χ2v) is 7.02. The first-order valence-corrected chi connectivity index (χ1v) is 8.81. The normalized spacial score (nSPS) is 15.4. The number of aliphatic hydroxyl groups excluding tert-OH is 1. The Morgan fingerprint density at radius 3 is 2.78 bits per heavy atom. The number of carbonyl (C=O) groups excluding carboxylic acids is 1. The van der Waals surface area contributed by atoms with Crippen LogP contribution in [0.5, 0.6) is 0 Å². The topological polar surface area (TPSA) is 53.7 Å². The van der Waals surface area contributed by atoms with Gasteiger partial charge < -0.3 is 14.4 Å². The second kappa shape index (κ2) is 7.23. The van der Waals surface area contributed by atoms with Crippen molar-refractivity contribution in [3.8, 4) is 0 Å². The first kappa shape index (κ1) is 16.1. The first-order valence-electron chi connectivity index (χ1n) is 7.83. The van der Waals surface area contributed by atoms with Gasteiger partial charge in [-0.2, -0.15) is 0 Å². The van der Waals surface area contributed by atoms with Gasteiger partial charge in [0.05, 0.1) is 12.4 Å². The molecule has 1 aliphatic rings. The molecule has 1 fully saturated rings. The standard InChI is InChI=1S/C18H21NO3S/c1-19(11-16(20)13-7-8-13)18(21)17-14(9-10-22-17)12-23-15-5-3-2-4-6-15/h2-6,9-10,13,16,20H,7-8,11-12H2,1H3. The van der Waals surface area contributed by atoms with Crippen LogP contribution in [-0.2, 0) is 5.75 Å². The van der Waals surface area contributed by atoms with Gasteiger partial charge in [0.15, 0.2) is 5.76 Å². The number of thioether (sulfide) groups is 1. The molecule has 1 atom stereocenters. The molecule has 0 radical (unpaired) electrons. The zero-order valence-electron chi connectivity index (χ0n) is 13.1. The molecule has 23 heavy (non-hydrogen) atoms. The van der Waals surface area contributed by atoms with Crippen molar-refractivity contribution in [1.29, 1.82) is 0 Å². The molecule has 1 N–H and O–H groups in total. The minimum absolute atomic E-state index is 0.168. The van der Waals surface area contributed by atoms with Crippen molar-refractivity contribution in [2.24, 2.45) is 5.92 Å². The van der Waals surface area contributed by atoms with Crippen molar-refractivity contribution in [3.05, 3.63) is 54.0 Å². The quantitative estimate of drug-likeness (QED) is 0.790. The predicted molar refractivity (Wildman–Crippen MR) is 90.4 cm³/mol. The highest BCUT2D eigenvalue weighted by molar-refractivity contribution is 7.98. The van der Waals surface area contributed by atoms with Gasteiger partial charge in [-0.05, 0) is 37.0 Å². The van der Waals surface area contributed by atoms with E-state index in [-0.39, 0.29) is 5.91 Å². The fraction of sp³-hybridized carbons (Fsp3) is 0.389. The van der Waals surface area contributed by atoms with Crippen LogP contribution in [0.25, 0.3) is 0 Å². The number of aliphatic hydroxyl groups is 1. The zero-order chi connectivity index (χ0) is 16.2. The van der Waals surface area contributed by atoms with Crippen LogP contribution in [0.2, 0.25) is 0 Å². The summed E-state index contributed by atoms with van der Waals surface area (Å²) in [5.74, 6) is 1.24. The molecule has 0 saturated heterocycles. The molecule has 1 aromatic carbocycles. The Bertz CT molecular complexity index is 651. The fourth-order valence-electron chi connectivity index (χ4n) is 2.48. The van der Waals surface area contributed by atoms with E-state index in [1.807, 2.05) is 36.4 Å². The van der Waals surface area contributed by atoms with Crippen LogP contribution in [0.1, 0.15) is 29.0 Å². The number of furan rings is 1. The molecule has 4 nitrogen and oxygen atoms in total. The smallest absolute Gasteiger partial charge is 0.289 e. The van der Waals surface area contributed by atoms with Crippen molar-refractivity contribution < 1.29 is 14.3 Å². The minimum Gasteiger partial charge on any atom is -0.459 e. The van der Waals surface area contributed by atoms with Crippen LogP contribution in [0.15, 0.2) is 52.0 Å². The molecule has 0 aliphatic heterocycles. The molecule has 1 aliphatic carbocycles. The number of carbonyl (C=O) groups is 1. The van der Waals surface area contributed by atoms with Gasteiger partial charge in [0.25, 0.3) is 5.91 Å². The number of rotatable bonds is 7. The molecule has 1 amide bonds. The first-order chi connectivity index (χ1) is 11.1. The van der Waals surface area contributed by atoms with E-state index >= 15 is 0 Å². The van der Waals surface area contributed by atoms with E-state index in [1.165, 1.54) is 0 Å². The Balaban J connectivity index is 1.61. The van der Waals surface area contributed by atoms with Gasteiger partial charge in [-0.25, -0.2) is 0 Å². The predicted octanol–water partition coefficient (Wildman–Crippen LogP) is 3.41. The van der Waals surface area contributed by atoms with Crippen LogP contribution >= 0.6 is 11.8 Å². The van der Waals surface area contributed by atoms with Crippen LogP contribution in [0.4, 0.5) is 0 Å². The SMILES string of the molecule is CN(CC(O)C1CC1)C(=O)c1occc1CSc1ccccc1. The van der Waals surface area contributed by atoms with Crippen molar-refractivity contribution >= 4 is 17.7 Å². The molecule has 122 valence electrons. The Kier molecular flexibility index (Phi) is 5.08. The maximum absolute atomic E-state index is 12.5. The van der Waals surface area contributed by atoms with Crippen LogP contribution in [-0.4, -0.2) is 35.6 Å². The maximum Gasteiger partial charge on any atom is 0.289 e. The summed E-state index contributed by atoms with van der Waals surface area (Å²) in [6.07, 6.45) is 3.24. The second-order valence-electron chi connectivity index (χ2n) is 5.97.